The Labute approximate surface area is 160 Å². The van der Waals surface area contributed by atoms with Crippen LogP contribution < -0.4 is 20.7 Å². The highest BCUT2D eigenvalue weighted by atomic mass is 127. The Hall–Kier alpha value is -1.96. The topological polar surface area (TPSA) is 62.9 Å². The largest absolute Gasteiger partial charge is 0.497 e. The molecule has 0 radical (unpaired) electrons. The number of ether oxygens (including phenoxy) is 1. The van der Waals surface area contributed by atoms with Gasteiger partial charge in [0.1, 0.15) is 5.75 Å². The first-order valence-corrected chi connectivity index (χ1v) is 7.66. The van der Waals surface area contributed by atoms with Gasteiger partial charge in [-0.2, -0.15) is 0 Å². The second kappa shape index (κ2) is 10.7. The Morgan fingerprint density at radius 3 is 2.42 bits per heavy atom. The number of para-hydroxylation sites is 1. The van der Waals surface area contributed by atoms with E-state index in [1.54, 1.807) is 7.11 Å². The van der Waals surface area contributed by atoms with Crippen LogP contribution in [-0.2, 0) is 0 Å². The lowest BCUT2D eigenvalue weighted by molar-refractivity contribution is 0.415. The summed E-state index contributed by atoms with van der Waals surface area (Å²) < 4.78 is 5.12. The number of nitrogens with one attached hydrogen (secondary N) is 1. The minimum Gasteiger partial charge on any atom is -0.497 e. The van der Waals surface area contributed by atoms with E-state index in [1.165, 1.54) is 5.69 Å². The molecular formula is C18H25IN4O. The van der Waals surface area contributed by atoms with Crippen molar-refractivity contribution >= 4 is 41.3 Å². The number of hydrogen-bond acceptors (Lipinski definition) is 3. The molecule has 3 N–H and O–H groups in total. The first kappa shape index (κ1) is 20.1. The van der Waals surface area contributed by atoms with Gasteiger partial charge in [-0.3, -0.25) is 4.99 Å². The van der Waals surface area contributed by atoms with E-state index in [2.05, 4.69) is 34.4 Å². The van der Waals surface area contributed by atoms with Gasteiger partial charge in [0.25, 0.3) is 0 Å². The van der Waals surface area contributed by atoms with Gasteiger partial charge in [-0.25, -0.2) is 0 Å². The molecule has 0 aromatic heterocycles. The zero-order valence-electron chi connectivity index (χ0n) is 14.1. The lowest BCUT2D eigenvalue weighted by Gasteiger charge is -2.18. The molecule has 0 aliphatic carbocycles. The third-order valence-electron chi connectivity index (χ3n) is 3.49. The summed E-state index contributed by atoms with van der Waals surface area (Å²) in [6.45, 7) is 1.62. The van der Waals surface area contributed by atoms with Gasteiger partial charge in [0.2, 0.25) is 0 Å². The molecule has 0 spiro atoms. The van der Waals surface area contributed by atoms with Crippen LogP contribution in [0.2, 0.25) is 0 Å². The molecular weight excluding hydrogens is 415 g/mol. The quantitative estimate of drug-likeness (QED) is 0.299. The van der Waals surface area contributed by atoms with Crippen LogP contribution in [0.25, 0.3) is 0 Å². The van der Waals surface area contributed by atoms with Crippen molar-refractivity contribution < 1.29 is 4.74 Å². The summed E-state index contributed by atoms with van der Waals surface area (Å²) in [5, 5.41) is 3.07. The molecule has 5 nitrogen and oxygen atoms in total. The van der Waals surface area contributed by atoms with E-state index >= 15 is 0 Å². The number of aliphatic imine (C=N–C) groups is 1. The monoisotopic (exact) mass is 440 g/mol. The number of benzene rings is 2. The Balaban J connectivity index is 0.00000288. The minimum absolute atomic E-state index is 0. The Kier molecular flexibility index (Phi) is 8.99. The van der Waals surface area contributed by atoms with E-state index in [0.29, 0.717) is 12.5 Å². The molecule has 130 valence electrons. The molecule has 0 amide bonds. The van der Waals surface area contributed by atoms with Crippen molar-refractivity contribution in [1.82, 2.24) is 0 Å². The molecule has 0 saturated heterocycles. The Morgan fingerprint density at radius 2 is 1.79 bits per heavy atom. The maximum absolute atomic E-state index is 5.90. The molecule has 0 atom stereocenters. The van der Waals surface area contributed by atoms with Crippen molar-refractivity contribution in [3.05, 3.63) is 54.6 Å². The van der Waals surface area contributed by atoms with Crippen molar-refractivity contribution in [2.24, 2.45) is 10.7 Å². The van der Waals surface area contributed by atoms with Crippen LogP contribution in [0, 0.1) is 0 Å². The maximum Gasteiger partial charge on any atom is 0.193 e. The molecule has 0 saturated carbocycles. The maximum atomic E-state index is 5.90. The average Bonchev–Trinajstić information content (AvgIpc) is 2.60. The summed E-state index contributed by atoms with van der Waals surface area (Å²) in [5.41, 5.74) is 8.00. The average molecular weight is 440 g/mol. The molecule has 0 aliphatic rings. The number of nitrogens with zero attached hydrogens (tertiary/aromatic N) is 2. The number of rotatable bonds is 7. The van der Waals surface area contributed by atoms with Crippen LogP contribution >= 0.6 is 24.0 Å². The normalized spacial score (nSPS) is 10.7. The van der Waals surface area contributed by atoms with Gasteiger partial charge in [-0.1, -0.05) is 18.2 Å². The van der Waals surface area contributed by atoms with Crippen molar-refractivity contribution in [1.29, 1.82) is 0 Å². The summed E-state index contributed by atoms with van der Waals surface area (Å²) in [7, 11) is 3.72. The number of methoxy groups -OCH3 is 1. The van der Waals surface area contributed by atoms with Gasteiger partial charge in [-0.05, 0) is 42.8 Å². The van der Waals surface area contributed by atoms with E-state index < -0.39 is 0 Å². The smallest absolute Gasteiger partial charge is 0.193 e. The summed E-state index contributed by atoms with van der Waals surface area (Å²) >= 11 is 0. The summed E-state index contributed by atoms with van der Waals surface area (Å²) in [4.78, 5) is 6.56. The fraction of sp³-hybridized carbons (Fsp3) is 0.278. The van der Waals surface area contributed by atoms with Crippen LogP contribution in [0.5, 0.6) is 5.75 Å². The molecule has 2 aromatic carbocycles. The SMILES string of the molecule is COc1ccc(NC(N)=NCCCN(C)c2ccccc2)cc1.I. The minimum atomic E-state index is 0. The second-order valence-corrected chi connectivity index (χ2v) is 5.23. The van der Waals surface area contributed by atoms with E-state index in [0.717, 1.165) is 24.4 Å². The molecule has 2 rings (SSSR count). The van der Waals surface area contributed by atoms with Crippen molar-refractivity contribution in [3.63, 3.8) is 0 Å². The predicted molar refractivity (Wildman–Crippen MR) is 113 cm³/mol. The summed E-state index contributed by atoms with van der Waals surface area (Å²) in [5.74, 6) is 1.24. The standard InChI is InChI=1S/C18H24N4O.HI/c1-22(16-7-4-3-5-8-16)14-6-13-20-18(19)21-15-9-11-17(23-2)12-10-15;/h3-5,7-12H,6,13-14H2,1-2H3,(H3,19,20,21);1H. The van der Waals surface area contributed by atoms with Crippen LogP contribution in [0.4, 0.5) is 11.4 Å². The van der Waals surface area contributed by atoms with Crippen LogP contribution in [0.15, 0.2) is 59.6 Å². The molecule has 0 fully saturated rings. The number of nitrogens with two attached hydrogens (primary N) is 1. The van der Waals surface area contributed by atoms with Crippen molar-refractivity contribution in [3.8, 4) is 5.75 Å². The number of halogens is 1. The zero-order valence-corrected chi connectivity index (χ0v) is 16.4. The number of hydrogen-bond donors (Lipinski definition) is 2. The fourth-order valence-corrected chi connectivity index (χ4v) is 2.18. The molecule has 0 unspecified atom stereocenters. The molecule has 0 aliphatic heterocycles. The first-order valence-electron chi connectivity index (χ1n) is 7.66. The lowest BCUT2D eigenvalue weighted by Crippen LogP contribution is -2.24. The number of guanidine groups is 1. The zero-order chi connectivity index (χ0) is 16.5. The fourth-order valence-electron chi connectivity index (χ4n) is 2.18. The van der Waals surface area contributed by atoms with Crippen molar-refractivity contribution in [2.45, 2.75) is 6.42 Å². The second-order valence-electron chi connectivity index (χ2n) is 5.23. The lowest BCUT2D eigenvalue weighted by atomic mass is 10.3. The van der Waals surface area contributed by atoms with Crippen LogP contribution in [0.1, 0.15) is 6.42 Å². The molecule has 2 aromatic rings. The summed E-state index contributed by atoms with van der Waals surface area (Å²) in [6, 6.07) is 17.9. The van der Waals surface area contributed by atoms with Gasteiger partial charge >= 0.3 is 0 Å². The van der Waals surface area contributed by atoms with Gasteiger partial charge < -0.3 is 20.7 Å². The third-order valence-corrected chi connectivity index (χ3v) is 3.49. The molecule has 0 bridgehead atoms. The molecule has 0 heterocycles. The highest BCUT2D eigenvalue weighted by molar-refractivity contribution is 14.0. The highest BCUT2D eigenvalue weighted by Crippen LogP contribution is 2.14. The third kappa shape index (κ3) is 6.66. The predicted octanol–water partition coefficient (Wildman–Crippen LogP) is 3.57. The van der Waals surface area contributed by atoms with E-state index in [4.69, 9.17) is 10.5 Å². The Morgan fingerprint density at radius 1 is 1.12 bits per heavy atom. The van der Waals surface area contributed by atoms with E-state index in [1.807, 2.05) is 42.5 Å². The molecule has 6 heteroatoms. The van der Waals surface area contributed by atoms with E-state index in [-0.39, 0.29) is 24.0 Å². The Bertz CT molecular complexity index is 617. The van der Waals surface area contributed by atoms with Crippen LogP contribution in [0.3, 0.4) is 0 Å². The van der Waals surface area contributed by atoms with Gasteiger partial charge in [-0.15, -0.1) is 24.0 Å². The van der Waals surface area contributed by atoms with Gasteiger partial charge in [0, 0.05) is 31.5 Å². The van der Waals surface area contributed by atoms with Crippen LogP contribution in [-0.4, -0.2) is 33.2 Å². The summed E-state index contributed by atoms with van der Waals surface area (Å²) in [6.07, 6.45) is 0.941. The van der Waals surface area contributed by atoms with Gasteiger partial charge in [0.05, 0.1) is 7.11 Å². The van der Waals surface area contributed by atoms with Gasteiger partial charge in [0.15, 0.2) is 5.96 Å². The first-order chi connectivity index (χ1) is 11.2. The van der Waals surface area contributed by atoms with E-state index in [9.17, 15) is 0 Å². The van der Waals surface area contributed by atoms with Crippen molar-refractivity contribution in [2.75, 3.05) is 37.5 Å². The number of anilines is 2. The highest BCUT2D eigenvalue weighted by Gasteiger charge is 1.99. The molecule has 24 heavy (non-hydrogen) atoms.